The quantitative estimate of drug-likeness (QED) is 0.170. The van der Waals surface area contributed by atoms with E-state index in [1.165, 1.54) is 0 Å². The van der Waals surface area contributed by atoms with Gasteiger partial charge in [-0.25, -0.2) is 22.0 Å². The molecule has 0 aliphatic heterocycles. The molecule has 0 unspecified atom stereocenters. The average molecular weight is 382 g/mol. The van der Waals surface area contributed by atoms with E-state index in [4.69, 9.17) is 4.43 Å². The Balaban J connectivity index is 2.25. The SMILES string of the molecule is CC(C)(CCCCCCCCCc1c(F)c(F)c(F)c(F)c1F)O[SiH3]. The summed E-state index contributed by atoms with van der Waals surface area (Å²) in [5.74, 6) is -9.25. The van der Waals surface area contributed by atoms with Gasteiger partial charge in [-0.2, -0.15) is 0 Å². The maximum atomic E-state index is 13.5. The Morgan fingerprint density at radius 1 is 0.680 bits per heavy atom. The highest BCUT2D eigenvalue weighted by molar-refractivity contribution is 5.98. The molecule has 0 atom stereocenters. The van der Waals surface area contributed by atoms with Crippen LogP contribution in [0.15, 0.2) is 0 Å². The molecule has 0 bridgehead atoms. The van der Waals surface area contributed by atoms with Gasteiger partial charge in [-0.1, -0.05) is 38.5 Å². The van der Waals surface area contributed by atoms with Gasteiger partial charge in [0.1, 0.15) is 10.5 Å². The van der Waals surface area contributed by atoms with Gasteiger partial charge in [0.2, 0.25) is 5.82 Å². The Kier molecular flexibility index (Phi) is 9.06. The lowest BCUT2D eigenvalue weighted by Gasteiger charge is -2.23. The van der Waals surface area contributed by atoms with Crippen LogP contribution < -0.4 is 0 Å². The average Bonchev–Trinajstić information content (AvgIpc) is 2.59. The monoisotopic (exact) mass is 382 g/mol. The predicted octanol–water partition coefficient (Wildman–Crippen LogP) is 5.12. The van der Waals surface area contributed by atoms with Gasteiger partial charge in [-0.3, -0.25) is 0 Å². The van der Waals surface area contributed by atoms with E-state index in [1.807, 2.05) is 0 Å². The third-order valence-electron chi connectivity index (χ3n) is 4.56. The third-order valence-corrected chi connectivity index (χ3v) is 5.66. The van der Waals surface area contributed by atoms with Crippen molar-refractivity contribution in [3.05, 3.63) is 34.6 Å². The van der Waals surface area contributed by atoms with Crippen molar-refractivity contribution in [2.75, 3.05) is 0 Å². The fourth-order valence-electron chi connectivity index (χ4n) is 2.71. The van der Waals surface area contributed by atoms with Crippen molar-refractivity contribution in [2.24, 2.45) is 0 Å². The summed E-state index contributed by atoms with van der Waals surface area (Å²) in [7, 11) is 0.733. The first-order valence-electron chi connectivity index (χ1n) is 8.76. The fourth-order valence-corrected chi connectivity index (χ4v) is 2.91. The molecule has 1 nitrogen and oxygen atoms in total. The van der Waals surface area contributed by atoms with Crippen LogP contribution in [-0.2, 0) is 10.8 Å². The van der Waals surface area contributed by atoms with Crippen LogP contribution in [0.25, 0.3) is 0 Å². The molecule has 25 heavy (non-hydrogen) atoms. The van der Waals surface area contributed by atoms with Gasteiger partial charge in [-0.05, 0) is 33.1 Å². The minimum absolute atomic E-state index is 0.0416. The highest BCUT2D eigenvalue weighted by Crippen LogP contribution is 2.25. The smallest absolute Gasteiger partial charge is 0.200 e. The van der Waals surface area contributed by atoms with Gasteiger partial charge in [0.15, 0.2) is 23.3 Å². The van der Waals surface area contributed by atoms with E-state index in [0.29, 0.717) is 12.8 Å². The largest absolute Gasteiger partial charge is 0.423 e. The number of hydrogen-bond acceptors (Lipinski definition) is 1. The second-order valence-corrected chi connectivity index (χ2v) is 7.40. The topological polar surface area (TPSA) is 9.23 Å². The van der Waals surface area contributed by atoms with Crippen molar-refractivity contribution in [3.63, 3.8) is 0 Å². The van der Waals surface area contributed by atoms with Crippen molar-refractivity contribution < 1.29 is 26.4 Å². The fraction of sp³-hybridized carbons (Fsp3) is 0.667. The second kappa shape index (κ2) is 10.3. The second-order valence-electron chi connectivity index (χ2n) is 6.99. The van der Waals surface area contributed by atoms with Crippen LogP contribution in [0.2, 0.25) is 0 Å². The first kappa shape index (κ1) is 22.1. The molecule has 0 spiro atoms. The van der Waals surface area contributed by atoms with Gasteiger partial charge < -0.3 is 4.43 Å². The van der Waals surface area contributed by atoms with Crippen LogP contribution in [0, 0.1) is 29.1 Å². The molecular formula is C18H27F5OSi. The van der Waals surface area contributed by atoms with Crippen molar-refractivity contribution in [2.45, 2.75) is 77.2 Å². The van der Waals surface area contributed by atoms with E-state index in [1.54, 1.807) is 0 Å². The number of benzene rings is 1. The Morgan fingerprint density at radius 2 is 1.08 bits per heavy atom. The standard InChI is InChI=1S/C18H27F5OSi/c1-18(2,24-25)11-9-7-5-3-4-6-8-10-12-13(19)15(21)17(23)16(22)14(12)20/h3-11H2,1-2,25H3. The zero-order valence-electron chi connectivity index (χ0n) is 15.2. The van der Waals surface area contributed by atoms with Crippen LogP contribution in [0.1, 0.15) is 70.8 Å². The number of hydrogen-bond donors (Lipinski definition) is 0. The van der Waals surface area contributed by atoms with Crippen molar-refractivity contribution in [1.82, 2.24) is 0 Å². The molecule has 0 saturated carbocycles. The van der Waals surface area contributed by atoms with E-state index in [2.05, 4.69) is 13.8 Å². The predicted molar refractivity (Wildman–Crippen MR) is 92.0 cm³/mol. The van der Waals surface area contributed by atoms with Gasteiger partial charge in [-0.15, -0.1) is 0 Å². The van der Waals surface area contributed by atoms with Gasteiger partial charge in [0.05, 0.1) is 0 Å². The summed E-state index contributed by atoms with van der Waals surface area (Å²) in [6, 6.07) is 0. The zero-order chi connectivity index (χ0) is 19.0. The van der Waals surface area contributed by atoms with Crippen LogP contribution in [0.5, 0.6) is 0 Å². The molecule has 1 rings (SSSR count). The Hall–Kier alpha value is -0.953. The molecule has 0 radical (unpaired) electrons. The van der Waals surface area contributed by atoms with Crippen LogP contribution in [-0.4, -0.2) is 16.1 Å². The Labute approximate surface area is 149 Å². The molecule has 7 heteroatoms. The van der Waals surface area contributed by atoms with Crippen LogP contribution in [0.4, 0.5) is 22.0 Å². The van der Waals surface area contributed by atoms with E-state index in [-0.39, 0.29) is 12.0 Å². The van der Waals surface area contributed by atoms with Crippen LogP contribution >= 0.6 is 0 Å². The number of unbranched alkanes of at least 4 members (excludes halogenated alkanes) is 6. The minimum atomic E-state index is -2.10. The molecule has 0 saturated heterocycles. The molecular weight excluding hydrogens is 355 g/mol. The highest BCUT2D eigenvalue weighted by atomic mass is 28.2. The van der Waals surface area contributed by atoms with E-state index in [9.17, 15) is 22.0 Å². The van der Waals surface area contributed by atoms with Gasteiger partial charge in [0, 0.05) is 11.2 Å². The van der Waals surface area contributed by atoms with Gasteiger partial charge >= 0.3 is 0 Å². The number of halogens is 5. The summed E-state index contributed by atoms with van der Waals surface area (Å²) in [4.78, 5) is 0. The molecule has 0 heterocycles. The Bertz CT molecular complexity index is 534. The van der Waals surface area contributed by atoms with Crippen molar-refractivity contribution in [3.8, 4) is 0 Å². The van der Waals surface area contributed by atoms with Crippen LogP contribution in [0.3, 0.4) is 0 Å². The summed E-state index contributed by atoms with van der Waals surface area (Å²) in [6.07, 6.45) is 7.14. The number of rotatable bonds is 11. The summed E-state index contributed by atoms with van der Waals surface area (Å²) in [5, 5.41) is 0. The van der Waals surface area contributed by atoms with E-state index >= 15 is 0 Å². The summed E-state index contributed by atoms with van der Waals surface area (Å²) in [5.41, 5.74) is -0.748. The molecule has 0 aliphatic rings. The molecule has 0 aromatic heterocycles. The minimum Gasteiger partial charge on any atom is -0.423 e. The molecule has 0 aliphatic carbocycles. The summed E-state index contributed by atoms with van der Waals surface area (Å²) in [6.45, 7) is 4.17. The normalized spacial score (nSPS) is 12.1. The lowest BCUT2D eigenvalue weighted by molar-refractivity contribution is 0.109. The molecule has 0 fully saturated rings. The molecule has 1 aromatic carbocycles. The lowest BCUT2D eigenvalue weighted by Crippen LogP contribution is -2.22. The maximum absolute atomic E-state index is 13.5. The van der Waals surface area contributed by atoms with Gasteiger partial charge in [0.25, 0.3) is 0 Å². The summed E-state index contributed by atoms with van der Waals surface area (Å²) >= 11 is 0. The maximum Gasteiger partial charge on any atom is 0.200 e. The van der Waals surface area contributed by atoms with E-state index < -0.39 is 34.6 Å². The first-order chi connectivity index (χ1) is 11.7. The molecule has 0 N–H and O–H groups in total. The molecule has 1 aromatic rings. The highest BCUT2D eigenvalue weighted by Gasteiger charge is 2.25. The zero-order valence-corrected chi connectivity index (χ0v) is 17.2. The first-order valence-corrected chi connectivity index (χ1v) is 9.58. The molecule has 0 amide bonds. The summed E-state index contributed by atoms with van der Waals surface area (Å²) < 4.78 is 71.6. The Morgan fingerprint density at radius 3 is 1.56 bits per heavy atom. The lowest BCUT2D eigenvalue weighted by atomic mass is 9.99. The van der Waals surface area contributed by atoms with Crippen molar-refractivity contribution in [1.29, 1.82) is 0 Å². The van der Waals surface area contributed by atoms with Crippen molar-refractivity contribution >= 4 is 10.5 Å². The third kappa shape index (κ3) is 6.70. The molecule has 144 valence electrons. The van der Waals surface area contributed by atoms with E-state index in [0.717, 1.165) is 49.0 Å².